The summed E-state index contributed by atoms with van der Waals surface area (Å²) in [5.41, 5.74) is 6.70. The molecule has 1 atom stereocenters. The number of fused-ring (bicyclic) bond motifs is 1. The van der Waals surface area contributed by atoms with Crippen molar-refractivity contribution in [2.75, 3.05) is 0 Å². The number of benzene rings is 1. The fourth-order valence-corrected chi connectivity index (χ4v) is 2.20. The molecule has 0 saturated carbocycles. The van der Waals surface area contributed by atoms with Crippen molar-refractivity contribution in [2.24, 2.45) is 5.84 Å². The van der Waals surface area contributed by atoms with Gasteiger partial charge in [-0.05, 0) is 29.7 Å². The van der Waals surface area contributed by atoms with Crippen molar-refractivity contribution in [3.05, 3.63) is 60.3 Å². The van der Waals surface area contributed by atoms with Gasteiger partial charge in [-0.3, -0.25) is 21.2 Å². The lowest BCUT2D eigenvalue weighted by Gasteiger charge is -2.16. The van der Waals surface area contributed by atoms with Crippen LogP contribution in [0.3, 0.4) is 0 Å². The molecule has 3 aromatic rings. The van der Waals surface area contributed by atoms with E-state index < -0.39 is 0 Å². The maximum Gasteiger partial charge on any atom is 0.0935 e. The Morgan fingerprint density at radius 2 is 2.11 bits per heavy atom. The molecule has 19 heavy (non-hydrogen) atoms. The van der Waals surface area contributed by atoms with Crippen LogP contribution in [0.2, 0.25) is 0 Å². The molecule has 3 N–H and O–H groups in total. The maximum absolute atomic E-state index is 5.68. The van der Waals surface area contributed by atoms with E-state index in [0.717, 1.165) is 28.6 Å². The van der Waals surface area contributed by atoms with Crippen LogP contribution >= 0.6 is 0 Å². The summed E-state index contributed by atoms with van der Waals surface area (Å²) in [5, 5.41) is 0. The second-order valence-corrected chi connectivity index (χ2v) is 4.33. The van der Waals surface area contributed by atoms with Gasteiger partial charge in [0.2, 0.25) is 0 Å². The van der Waals surface area contributed by atoms with E-state index in [1.807, 2.05) is 24.3 Å². The standard InChI is InChI=1S/C14H14N4O/c15-18-13(8-10-4-7-19-9-10)11-2-1-3-12-14(11)17-6-5-16-12/h1-7,9,13,18H,8,15H2. The zero-order valence-corrected chi connectivity index (χ0v) is 10.3. The van der Waals surface area contributed by atoms with Crippen LogP contribution in [0.5, 0.6) is 0 Å². The molecule has 0 bridgehead atoms. The third-order valence-corrected chi connectivity index (χ3v) is 3.13. The number of para-hydroxylation sites is 1. The second-order valence-electron chi connectivity index (χ2n) is 4.33. The fraction of sp³-hybridized carbons (Fsp3) is 0.143. The second kappa shape index (κ2) is 5.17. The molecule has 3 rings (SSSR count). The molecule has 0 aliphatic carbocycles. The number of nitrogens with zero attached hydrogens (tertiary/aromatic N) is 2. The highest BCUT2D eigenvalue weighted by atomic mass is 16.3. The number of aromatic nitrogens is 2. The minimum atomic E-state index is -0.0296. The topological polar surface area (TPSA) is 77.0 Å². The number of furan rings is 1. The highest BCUT2D eigenvalue weighted by molar-refractivity contribution is 5.78. The van der Waals surface area contributed by atoms with Gasteiger partial charge in [-0.2, -0.15) is 0 Å². The van der Waals surface area contributed by atoms with Crippen molar-refractivity contribution < 1.29 is 4.42 Å². The zero-order chi connectivity index (χ0) is 13.1. The van der Waals surface area contributed by atoms with Crippen molar-refractivity contribution in [1.82, 2.24) is 15.4 Å². The van der Waals surface area contributed by atoms with Gasteiger partial charge in [0.05, 0.1) is 29.6 Å². The molecule has 96 valence electrons. The van der Waals surface area contributed by atoms with Crippen LogP contribution in [-0.4, -0.2) is 9.97 Å². The van der Waals surface area contributed by atoms with Crippen LogP contribution < -0.4 is 11.3 Å². The molecule has 1 aromatic carbocycles. The molecule has 0 radical (unpaired) electrons. The van der Waals surface area contributed by atoms with Gasteiger partial charge in [0.25, 0.3) is 0 Å². The van der Waals surface area contributed by atoms with Crippen LogP contribution in [0, 0.1) is 0 Å². The van der Waals surface area contributed by atoms with Gasteiger partial charge in [-0.25, -0.2) is 0 Å². The van der Waals surface area contributed by atoms with Gasteiger partial charge in [0.15, 0.2) is 0 Å². The summed E-state index contributed by atoms with van der Waals surface area (Å²) < 4.78 is 5.09. The monoisotopic (exact) mass is 254 g/mol. The molecule has 0 aliphatic rings. The van der Waals surface area contributed by atoms with Crippen LogP contribution in [-0.2, 0) is 6.42 Å². The van der Waals surface area contributed by atoms with Crippen LogP contribution in [0.25, 0.3) is 11.0 Å². The lowest BCUT2D eigenvalue weighted by atomic mass is 9.99. The van der Waals surface area contributed by atoms with E-state index in [9.17, 15) is 0 Å². The number of hydrogen-bond acceptors (Lipinski definition) is 5. The van der Waals surface area contributed by atoms with Crippen molar-refractivity contribution in [3.8, 4) is 0 Å². The molecule has 0 aliphatic heterocycles. The molecule has 2 heterocycles. The molecule has 0 saturated heterocycles. The number of hydrogen-bond donors (Lipinski definition) is 2. The Bertz CT molecular complexity index is 661. The van der Waals surface area contributed by atoms with Crippen LogP contribution in [0.15, 0.2) is 53.6 Å². The first-order valence-corrected chi connectivity index (χ1v) is 6.05. The molecule has 0 fully saturated rings. The average molecular weight is 254 g/mol. The Hall–Kier alpha value is -2.24. The van der Waals surface area contributed by atoms with E-state index in [2.05, 4.69) is 15.4 Å². The highest BCUT2D eigenvalue weighted by Gasteiger charge is 2.15. The quantitative estimate of drug-likeness (QED) is 0.550. The van der Waals surface area contributed by atoms with Gasteiger partial charge in [0, 0.05) is 12.4 Å². The van der Waals surface area contributed by atoms with Crippen molar-refractivity contribution in [1.29, 1.82) is 0 Å². The smallest absolute Gasteiger partial charge is 0.0935 e. The molecule has 5 nitrogen and oxygen atoms in total. The van der Waals surface area contributed by atoms with Crippen molar-refractivity contribution in [3.63, 3.8) is 0 Å². The van der Waals surface area contributed by atoms with Gasteiger partial charge >= 0.3 is 0 Å². The Kier molecular flexibility index (Phi) is 3.22. The van der Waals surface area contributed by atoms with E-state index in [-0.39, 0.29) is 6.04 Å². The lowest BCUT2D eigenvalue weighted by Crippen LogP contribution is -2.29. The molecular formula is C14H14N4O. The Morgan fingerprint density at radius 3 is 2.89 bits per heavy atom. The lowest BCUT2D eigenvalue weighted by molar-refractivity contribution is 0.537. The summed E-state index contributed by atoms with van der Waals surface area (Å²) in [6.45, 7) is 0. The van der Waals surface area contributed by atoms with Gasteiger partial charge in [-0.15, -0.1) is 0 Å². The fourth-order valence-electron chi connectivity index (χ4n) is 2.20. The van der Waals surface area contributed by atoms with E-state index in [0.29, 0.717) is 0 Å². The van der Waals surface area contributed by atoms with Crippen LogP contribution in [0.4, 0.5) is 0 Å². The largest absolute Gasteiger partial charge is 0.472 e. The normalized spacial score (nSPS) is 12.7. The first-order valence-electron chi connectivity index (χ1n) is 6.05. The third kappa shape index (κ3) is 2.33. The first kappa shape index (κ1) is 11.8. The van der Waals surface area contributed by atoms with Gasteiger partial charge in [-0.1, -0.05) is 12.1 Å². The maximum atomic E-state index is 5.68. The summed E-state index contributed by atoms with van der Waals surface area (Å²) in [6.07, 6.45) is 7.50. The molecule has 0 spiro atoms. The summed E-state index contributed by atoms with van der Waals surface area (Å²) in [5.74, 6) is 5.68. The molecule has 1 unspecified atom stereocenters. The zero-order valence-electron chi connectivity index (χ0n) is 10.3. The van der Waals surface area contributed by atoms with Crippen molar-refractivity contribution in [2.45, 2.75) is 12.5 Å². The van der Waals surface area contributed by atoms with E-state index in [4.69, 9.17) is 10.3 Å². The molecule has 5 heteroatoms. The summed E-state index contributed by atoms with van der Waals surface area (Å²) in [6, 6.07) is 7.82. The Labute approximate surface area is 110 Å². The molecular weight excluding hydrogens is 240 g/mol. The number of hydrazine groups is 1. The summed E-state index contributed by atoms with van der Waals surface area (Å²) in [7, 11) is 0. The van der Waals surface area contributed by atoms with E-state index >= 15 is 0 Å². The van der Waals surface area contributed by atoms with E-state index in [1.54, 1.807) is 24.9 Å². The third-order valence-electron chi connectivity index (χ3n) is 3.13. The molecule has 0 amide bonds. The predicted molar refractivity (Wildman–Crippen MR) is 72.0 cm³/mol. The highest BCUT2D eigenvalue weighted by Crippen LogP contribution is 2.23. The summed E-state index contributed by atoms with van der Waals surface area (Å²) in [4.78, 5) is 8.70. The average Bonchev–Trinajstić information content (AvgIpc) is 2.97. The number of rotatable bonds is 4. The van der Waals surface area contributed by atoms with Crippen molar-refractivity contribution >= 4 is 11.0 Å². The van der Waals surface area contributed by atoms with E-state index in [1.165, 1.54) is 0 Å². The number of nitrogens with two attached hydrogens (primary N) is 1. The Morgan fingerprint density at radius 1 is 1.21 bits per heavy atom. The minimum absolute atomic E-state index is 0.0296. The van der Waals surface area contributed by atoms with Crippen LogP contribution in [0.1, 0.15) is 17.2 Å². The predicted octanol–water partition coefficient (Wildman–Crippen LogP) is 1.97. The van der Waals surface area contributed by atoms with Gasteiger partial charge in [0.1, 0.15) is 0 Å². The Balaban J connectivity index is 2.01. The van der Waals surface area contributed by atoms with Gasteiger partial charge < -0.3 is 4.42 Å². The minimum Gasteiger partial charge on any atom is -0.472 e. The molecule has 2 aromatic heterocycles. The number of nitrogens with one attached hydrogen (secondary N) is 1. The summed E-state index contributed by atoms with van der Waals surface area (Å²) >= 11 is 0. The SMILES string of the molecule is NNC(Cc1ccoc1)c1cccc2nccnc12. The first-order chi connectivity index (χ1) is 9.38.